The lowest BCUT2D eigenvalue weighted by Gasteiger charge is -2.09. The third-order valence-electron chi connectivity index (χ3n) is 3.78. The van der Waals surface area contributed by atoms with Gasteiger partial charge in [0.1, 0.15) is 11.6 Å². The summed E-state index contributed by atoms with van der Waals surface area (Å²) < 4.78 is 5.77. The Bertz CT molecular complexity index is 809. The van der Waals surface area contributed by atoms with E-state index in [-0.39, 0.29) is 5.95 Å². The first-order valence-corrected chi connectivity index (χ1v) is 8.25. The van der Waals surface area contributed by atoms with Gasteiger partial charge in [-0.1, -0.05) is 29.8 Å². The fraction of sp³-hybridized carbons (Fsp3) is 0.200. The van der Waals surface area contributed by atoms with Crippen molar-refractivity contribution < 1.29 is 4.74 Å². The molecule has 0 amide bonds. The molecule has 0 aliphatic heterocycles. The van der Waals surface area contributed by atoms with Gasteiger partial charge < -0.3 is 15.8 Å². The highest BCUT2D eigenvalue weighted by Gasteiger charge is 2.01. The maximum atomic E-state index is 5.77. The number of anilines is 3. The van der Waals surface area contributed by atoms with Gasteiger partial charge in [0, 0.05) is 23.9 Å². The molecular weight excluding hydrogens is 312 g/mol. The van der Waals surface area contributed by atoms with E-state index in [9.17, 15) is 0 Å². The number of nitrogens with one attached hydrogen (secondary N) is 1. The molecule has 3 N–H and O–H groups in total. The quantitative estimate of drug-likeness (QED) is 0.712. The molecule has 0 saturated heterocycles. The average molecular weight is 334 g/mol. The van der Waals surface area contributed by atoms with Crippen molar-refractivity contribution in [2.24, 2.45) is 0 Å². The minimum absolute atomic E-state index is 0.271. The molecule has 2 aromatic carbocycles. The lowest BCUT2D eigenvalue weighted by molar-refractivity contribution is 0.322. The molecule has 0 radical (unpaired) electrons. The SMILES string of the molecule is Cc1ccc(OCCc2ccc(Nc3cc(C)nc(N)n3)cc2)cc1. The van der Waals surface area contributed by atoms with Gasteiger partial charge in [-0.05, 0) is 43.7 Å². The number of ether oxygens (including phenoxy) is 1. The summed E-state index contributed by atoms with van der Waals surface area (Å²) in [5.74, 6) is 1.87. The number of aromatic nitrogens is 2. The number of hydrogen-bond donors (Lipinski definition) is 2. The molecule has 0 unspecified atom stereocenters. The Morgan fingerprint density at radius 1 is 0.960 bits per heavy atom. The fourth-order valence-electron chi connectivity index (χ4n) is 2.48. The average Bonchev–Trinajstić information content (AvgIpc) is 2.57. The first-order chi connectivity index (χ1) is 12.1. The second-order valence-corrected chi connectivity index (χ2v) is 5.99. The van der Waals surface area contributed by atoms with Crippen LogP contribution in [0.4, 0.5) is 17.5 Å². The predicted molar refractivity (Wildman–Crippen MR) is 101 cm³/mol. The van der Waals surface area contributed by atoms with E-state index in [4.69, 9.17) is 10.5 Å². The van der Waals surface area contributed by atoms with Gasteiger partial charge >= 0.3 is 0 Å². The van der Waals surface area contributed by atoms with Crippen LogP contribution in [0.25, 0.3) is 0 Å². The summed E-state index contributed by atoms with van der Waals surface area (Å²) in [6.45, 7) is 4.61. The molecule has 3 aromatic rings. The van der Waals surface area contributed by atoms with Gasteiger partial charge in [0.05, 0.1) is 6.61 Å². The highest BCUT2D eigenvalue weighted by molar-refractivity contribution is 5.57. The largest absolute Gasteiger partial charge is 0.493 e. The molecule has 0 atom stereocenters. The molecule has 0 saturated carbocycles. The van der Waals surface area contributed by atoms with Gasteiger partial charge in [-0.15, -0.1) is 0 Å². The first kappa shape index (κ1) is 16.8. The van der Waals surface area contributed by atoms with Crippen molar-refractivity contribution in [3.8, 4) is 5.75 Å². The summed E-state index contributed by atoms with van der Waals surface area (Å²) in [6.07, 6.45) is 0.855. The van der Waals surface area contributed by atoms with Gasteiger partial charge in [0.2, 0.25) is 5.95 Å². The normalized spacial score (nSPS) is 10.5. The van der Waals surface area contributed by atoms with Crippen LogP contribution in [-0.4, -0.2) is 16.6 Å². The van der Waals surface area contributed by atoms with Crippen molar-refractivity contribution in [2.75, 3.05) is 17.7 Å². The van der Waals surface area contributed by atoms with Crippen LogP contribution >= 0.6 is 0 Å². The Hall–Kier alpha value is -3.08. The lowest BCUT2D eigenvalue weighted by atomic mass is 10.1. The number of benzene rings is 2. The van der Waals surface area contributed by atoms with Crippen molar-refractivity contribution in [3.63, 3.8) is 0 Å². The molecule has 1 heterocycles. The summed E-state index contributed by atoms with van der Waals surface area (Å²) in [4.78, 5) is 8.24. The van der Waals surface area contributed by atoms with Crippen molar-refractivity contribution in [1.29, 1.82) is 0 Å². The Morgan fingerprint density at radius 3 is 2.36 bits per heavy atom. The summed E-state index contributed by atoms with van der Waals surface area (Å²) >= 11 is 0. The summed E-state index contributed by atoms with van der Waals surface area (Å²) in [5, 5.41) is 3.24. The zero-order valence-electron chi connectivity index (χ0n) is 14.5. The van der Waals surface area contributed by atoms with E-state index in [1.165, 1.54) is 11.1 Å². The van der Waals surface area contributed by atoms with Crippen LogP contribution in [-0.2, 0) is 6.42 Å². The van der Waals surface area contributed by atoms with Crippen LogP contribution in [0.15, 0.2) is 54.6 Å². The van der Waals surface area contributed by atoms with E-state index < -0.39 is 0 Å². The van der Waals surface area contributed by atoms with Crippen LogP contribution in [0.5, 0.6) is 5.75 Å². The summed E-state index contributed by atoms with van der Waals surface area (Å²) in [6, 6.07) is 18.2. The van der Waals surface area contributed by atoms with E-state index in [2.05, 4.69) is 46.5 Å². The van der Waals surface area contributed by atoms with Gasteiger partial charge in [-0.2, -0.15) is 4.98 Å². The Kier molecular flexibility index (Phi) is 5.14. The molecule has 25 heavy (non-hydrogen) atoms. The molecule has 0 fully saturated rings. The topological polar surface area (TPSA) is 73.1 Å². The van der Waals surface area contributed by atoms with Crippen LogP contribution < -0.4 is 15.8 Å². The van der Waals surface area contributed by atoms with E-state index in [1.54, 1.807) is 0 Å². The zero-order chi connectivity index (χ0) is 17.6. The monoisotopic (exact) mass is 334 g/mol. The standard InChI is InChI=1S/C20H22N4O/c1-14-3-9-18(10-4-14)25-12-11-16-5-7-17(8-6-16)23-19-13-15(2)22-20(21)24-19/h3-10,13H,11-12H2,1-2H3,(H3,21,22,23,24). The minimum Gasteiger partial charge on any atom is -0.493 e. The molecule has 128 valence electrons. The highest BCUT2D eigenvalue weighted by atomic mass is 16.5. The van der Waals surface area contributed by atoms with Gasteiger partial charge in [-0.3, -0.25) is 0 Å². The summed E-state index contributed by atoms with van der Waals surface area (Å²) in [7, 11) is 0. The number of nitrogens with two attached hydrogens (primary N) is 1. The number of rotatable bonds is 6. The van der Waals surface area contributed by atoms with E-state index in [1.807, 2.05) is 37.3 Å². The Morgan fingerprint density at radius 2 is 1.68 bits per heavy atom. The van der Waals surface area contributed by atoms with Gasteiger partial charge in [-0.25, -0.2) is 4.98 Å². The Labute approximate surface area is 147 Å². The van der Waals surface area contributed by atoms with Crippen LogP contribution in [0, 0.1) is 13.8 Å². The zero-order valence-corrected chi connectivity index (χ0v) is 14.5. The molecule has 1 aromatic heterocycles. The highest BCUT2D eigenvalue weighted by Crippen LogP contribution is 2.17. The predicted octanol–water partition coefficient (Wildman–Crippen LogP) is 4.04. The molecule has 0 aliphatic rings. The number of nitrogens with zero attached hydrogens (tertiary/aromatic N) is 2. The maximum absolute atomic E-state index is 5.77. The third kappa shape index (κ3) is 4.94. The molecule has 3 rings (SSSR count). The van der Waals surface area contributed by atoms with Crippen LogP contribution in [0.3, 0.4) is 0 Å². The van der Waals surface area contributed by atoms with Crippen LogP contribution in [0.1, 0.15) is 16.8 Å². The molecule has 0 aliphatic carbocycles. The van der Waals surface area contributed by atoms with Crippen LogP contribution in [0.2, 0.25) is 0 Å². The van der Waals surface area contributed by atoms with Crippen molar-refractivity contribution in [2.45, 2.75) is 20.3 Å². The van der Waals surface area contributed by atoms with E-state index in [0.717, 1.165) is 23.6 Å². The van der Waals surface area contributed by atoms with E-state index >= 15 is 0 Å². The molecule has 0 spiro atoms. The maximum Gasteiger partial charge on any atom is 0.222 e. The van der Waals surface area contributed by atoms with Gasteiger partial charge in [0.15, 0.2) is 0 Å². The molecule has 5 nitrogen and oxygen atoms in total. The lowest BCUT2D eigenvalue weighted by Crippen LogP contribution is -2.02. The number of nitrogen functional groups attached to an aromatic ring is 1. The van der Waals surface area contributed by atoms with Crippen molar-refractivity contribution >= 4 is 17.5 Å². The number of hydrogen-bond acceptors (Lipinski definition) is 5. The second-order valence-electron chi connectivity index (χ2n) is 5.99. The van der Waals surface area contributed by atoms with Crippen molar-refractivity contribution in [1.82, 2.24) is 9.97 Å². The molecular formula is C20H22N4O. The third-order valence-corrected chi connectivity index (χ3v) is 3.78. The smallest absolute Gasteiger partial charge is 0.222 e. The Balaban J connectivity index is 1.54. The first-order valence-electron chi connectivity index (χ1n) is 8.25. The van der Waals surface area contributed by atoms with Crippen molar-refractivity contribution in [3.05, 3.63) is 71.4 Å². The van der Waals surface area contributed by atoms with Gasteiger partial charge in [0.25, 0.3) is 0 Å². The summed E-state index contributed by atoms with van der Waals surface area (Å²) in [5.41, 5.74) is 9.92. The van der Waals surface area contributed by atoms with E-state index in [0.29, 0.717) is 12.4 Å². The fourth-order valence-corrected chi connectivity index (χ4v) is 2.48. The number of aryl methyl sites for hydroxylation is 2. The minimum atomic E-state index is 0.271. The second kappa shape index (κ2) is 7.66. The molecule has 5 heteroatoms. The molecule has 0 bridgehead atoms.